The van der Waals surface area contributed by atoms with Gasteiger partial charge in [0.25, 0.3) is 0 Å². The van der Waals surface area contributed by atoms with Crippen molar-refractivity contribution in [1.82, 2.24) is 30.0 Å². The van der Waals surface area contributed by atoms with Gasteiger partial charge in [0.1, 0.15) is 6.33 Å². The number of ketones is 1. The number of carbonyl (C=O) groups is 1. The summed E-state index contributed by atoms with van der Waals surface area (Å²) in [4.78, 5) is 24.3. The minimum absolute atomic E-state index is 0.00229. The summed E-state index contributed by atoms with van der Waals surface area (Å²) in [5.41, 5.74) is 7.46. The van der Waals surface area contributed by atoms with Crippen molar-refractivity contribution in [3.05, 3.63) is 36.2 Å². The summed E-state index contributed by atoms with van der Waals surface area (Å²) in [5.74, 6) is 1.83. The molecule has 1 aliphatic heterocycles. The first-order valence-electron chi connectivity index (χ1n) is 10.0. The number of hydrogen-bond donors (Lipinski definition) is 4. The molecule has 3 heterocycles. The molecule has 0 saturated carbocycles. The molecule has 1 aliphatic rings. The summed E-state index contributed by atoms with van der Waals surface area (Å²) in [6, 6.07) is 7.26. The molecular formula is C20H25N9O2. The third kappa shape index (κ3) is 4.56. The van der Waals surface area contributed by atoms with Crippen LogP contribution in [0.2, 0.25) is 0 Å². The van der Waals surface area contributed by atoms with Crippen molar-refractivity contribution in [1.29, 1.82) is 0 Å². The molecule has 1 atom stereocenters. The van der Waals surface area contributed by atoms with Gasteiger partial charge in [0, 0.05) is 23.8 Å². The highest BCUT2D eigenvalue weighted by atomic mass is 16.5. The van der Waals surface area contributed by atoms with Crippen molar-refractivity contribution in [2.45, 2.75) is 25.8 Å². The van der Waals surface area contributed by atoms with Gasteiger partial charge in [-0.15, -0.1) is 5.10 Å². The van der Waals surface area contributed by atoms with Gasteiger partial charge in [-0.3, -0.25) is 4.79 Å². The zero-order valence-corrected chi connectivity index (χ0v) is 17.4. The first-order valence-corrected chi connectivity index (χ1v) is 10.0. The van der Waals surface area contributed by atoms with Crippen LogP contribution in [0.1, 0.15) is 30.1 Å². The zero-order valence-electron chi connectivity index (χ0n) is 17.4. The number of Topliss-reactive ketones (excluding diaryl/α,β-unsaturated/α-hetero) is 1. The number of carbonyl (C=O) groups excluding carboxylic acids is 1. The second-order valence-corrected chi connectivity index (χ2v) is 7.23. The van der Waals surface area contributed by atoms with Crippen molar-refractivity contribution in [3.63, 3.8) is 0 Å². The Labute approximate surface area is 179 Å². The van der Waals surface area contributed by atoms with E-state index in [0.29, 0.717) is 28.9 Å². The monoisotopic (exact) mass is 423 g/mol. The minimum atomic E-state index is 0.00229. The van der Waals surface area contributed by atoms with E-state index in [1.807, 2.05) is 0 Å². The predicted octanol–water partition coefficient (Wildman–Crippen LogP) is 1.76. The molecule has 3 aromatic rings. The van der Waals surface area contributed by atoms with Gasteiger partial charge in [-0.05, 0) is 50.6 Å². The molecule has 4 rings (SSSR count). The van der Waals surface area contributed by atoms with Gasteiger partial charge in [-0.25, -0.2) is 9.97 Å². The standard InChI is InChI=1S/C20H25N9O2/c1-12(30)13-5-7-14(8-6-13)26-20-27-19(21)29(28-20)18-16(31-2)17(23-11-24-18)25-15-4-3-9-22-10-15/h5-8,11,15,22H,3-4,9-10H2,1-2H3,(H,23,24,25)(H3,21,26,27,28)/t15-/m0/s1. The van der Waals surface area contributed by atoms with Crippen LogP contribution in [-0.2, 0) is 0 Å². The van der Waals surface area contributed by atoms with E-state index in [1.54, 1.807) is 31.4 Å². The van der Waals surface area contributed by atoms with Gasteiger partial charge < -0.3 is 26.4 Å². The average molecular weight is 423 g/mol. The maximum atomic E-state index is 11.4. The normalized spacial score (nSPS) is 16.0. The molecule has 0 spiro atoms. The number of rotatable bonds is 7. The second-order valence-electron chi connectivity index (χ2n) is 7.23. The summed E-state index contributed by atoms with van der Waals surface area (Å²) in [7, 11) is 1.55. The van der Waals surface area contributed by atoms with Gasteiger partial charge in [-0.1, -0.05) is 0 Å². The Morgan fingerprint density at radius 2 is 2.10 bits per heavy atom. The lowest BCUT2D eigenvalue weighted by atomic mass is 10.1. The molecule has 0 bridgehead atoms. The molecule has 162 valence electrons. The van der Waals surface area contributed by atoms with E-state index in [1.165, 1.54) is 17.9 Å². The fourth-order valence-electron chi connectivity index (χ4n) is 3.42. The van der Waals surface area contributed by atoms with E-state index >= 15 is 0 Å². The maximum absolute atomic E-state index is 11.4. The molecule has 0 radical (unpaired) electrons. The average Bonchev–Trinajstić information content (AvgIpc) is 3.14. The highest BCUT2D eigenvalue weighted by Crippen LogP contribution is 2.30. The Hall–Kier alpha value is -3.73. The summed E-state index contributed by atoms with van der Waals surface area (Å²) in [5, 5.41) is 14.3. The van der Waals surface area contributed by atoms with Crippen LogP contribution in [0.15, 0.2) is 30.6 Å². The van der Waals surface area contributed by atoms with Gasteiger partial charge in [-0.2, -0.15) is 9.67 Å². The number of nitrogen functional groups attached to an aromatic ring is 1. The lowest BCUT2D eigenvalue weighted by molar-refractivity contribution is 0.101. The number of anilines is 4. The van der Waals surface area contributed by atoms with Gasteiger partial charge in [0.05, 0.1) is 7.11 Å². The molecule has 0 unspecified atom stereocenters. The van der Waals surface area contributed by atoms with Crippen LogP contribution in [0.4, 0.5) is 23.4 Å². The number of ether oxygens (including phenoxy) is 1. The fraction of sp³-hybridized carbons (Fsp3) is 0.350. The van der Waals surface area contributed by atoms with Crippen LogP contribution in [0.25, 0.3) is 5.82 Å². The maximum Gasteiger partial charge on any atom is 0.248 e. The highest BCUT2D eigenvalue weighted by molar-refractivity contribution is 5.94. The van der Waals surface area contributed by atoms with Gasteiger partial charge >= 0.3 is 0 Å². The van der Waals surface area contributed by atoms with Crippen molar-refractivity contribution < 1.29 is 9.53 Å². The Kier molecular flexibility index (Phi) is 5.94. The van der Waals surface area contributed by atoms with Crippen LogP contribution >= 0.6 is 0 Å². The van der Waals surface area contributed by atoms with Crippen LogP contribution < -0.4 is 26.4 Å². The Bertz CT molecular complexity index is 1060. The molecule has 1 aromatic carbocycles. The van der Waals surface area contributed by atoms with Crippen LogP contribution in [-0.4, -0.2) is 56.8 Å². The third-order valence-electron chi connectivity index (χ3n) is 5.01. The number of nitrogens with zero attached hydrogens (tertiary/aromatic N) is 5. The number of piperidine rings is 1. The molecule has 0 amide bonds. The van der Waals surface area contributed by atoms with Crippen LogP contribution in [0, 0.1) is 0 Å². The molecule has 11 heteroatoms. The van der Waals surface area contributed by atoms with E-state index in [9.17, 15) is 4.79 Å². The highest BCUT2D eigenvalue weighted by Gasteiger charge is 2.21. The Balaban J connectivity index is 1.58. The number of aromatic nitrogens is 5. The molecular weight excluding hydrogens is 398 g/mol. The molecule has 1 saturated heterocycles. The molecule has 11 nitrogen and oxygen atoms in total. The third-order valence-corrected chi connectivity index (χ3v) is 5.01. The number of nitrogens with two attached hydrogens (primary N) is 1. The van der Waals surface area contributed by atoms with Crippen molar-refractivity contribution in [2.75, 3.05) is 36.6 Å². The van der Waals surface area contributed by atoms with E-state index in [-0.39, 0.29) is 17.8 Å². The van der Waals surface area contributed by atoms with Crippen molar-refractivity contribution in [3.8, 4) is 11.6 Å². The molecule has 1 fully saturated rings. The number of hydrogen-bond acceptors (Lipinski definition) is 10. The summed E-state index contributed by atoms with van der Waals surface area (Å²) in [6.07, 6.45) is 3.57. The Morgan fingerprint density at radius 1 is 1.29 bits per heavy atom. The van der Waals surface area contributed by atoms with Crippen LogP contribution in [0.5, 0.6) is 5.75 Å². The molecule has 0 aliphatic carbocycles. The summed E-state index contributed by atoms with van der Waals surface area (Å²) in [6.45, 7) is 3.40. The second kappa shape index (κ2) is 8.96. The lowest BCUT2D eigenvalue weighted by Gasteiger charge is -2.25. The lowest BCUT2D eigenvalue weighted by Crippen LogP contribution is -2.38. The smallest absolute Gasteiger partial charge is 0.248 e. The number of benzene rings is 1. The molecule has 31 heavy (non-hydrogen) atoms. The molecule has 5 N–H and O–H groups in total. The van der Waals surface area contributed by atoms with E-state index < -0.39 is 0 Å². The minimum Gasteiger partial charge on any atom is -0.490 e. The quantitative estimate of drug-likeness (QED) is 0.415. The number of methoxy groups -OCH3 is 1. The summed E-state index contributed by atoms with van der Waals surface area (Å²) >= 11 is 0. The predicted molar refractivity (Wildman–Crippen MR) is 117 cm³/mol. The molecule has 2 aromatic heterocycles. The summed E-state index contributed by atoms with van der Waals surface area (Å²) < 4.78 is 6.99. The van der Waals surface area contributed by atoms with Gasteiger partial charge in [0.15, 0.2) is 11.6 Å². The topological polar surface area (TPSA) is 145 Å². The zero-order chi connectivity index (χ0) is 21.8. The van der Waals surface area contributed by atoms with Crippen molar-refractivity contribution >= 4 is 29.2 Å². The van der Waals surface area contributed by atoms with Crippen LogP contribution in [0.3, 0.4) is 0 Å². The fourth-order valence-corrected chi connectivity index (χ4v) is 3.42. The van der Waals surface area contributed by atoms with E-state index in [2.05, 4.69) is 36.0 Å². The van der Waals surface area contributed by atoms with E-state index in [0.717, 1.165) is 31.6 Å². The van der Waals surface area contributed by atoms with Crippen molar-refractivity contribution in [2.24, 2.45) is 0 Å². The van der Waals surface area contributed by atoms with E-state index in [4.69, 9.17) is 10.5 Å². The Morgan fingerprint density at radius 3 is 2.77 bits per heavy atom. The largest absolute Gasteiger partial charge is 0.490 e. The van der Waals surface area contributed by atoms with Gasteiger partial charge in [0.2, 0.25) is 23.5 Å². The first-order chi connectivity index (χ1) is 15.0. The first kappa shape index (κ1) is 20.5. The number of nitrogens with one attached hydrogen (secondary N) is 3. The SMILES string of the molecule is COc1c(N[C@H]2CCCNC2)ncnc1-n1nc(Nc2ccc(C(C)=O)cc2)nc1N.